The van der Waals surface area contributed by atoms with Crippen molar-refractivity contribution in [1.82, 2.24) is 20.5 Å². The molecule has 0 fully saturated rings. The third kappa shape index (κ3) is 5.06. The average Bonchev–Trinajstić information content (AvgIpc) is 3.16. The summed E-state index contributed by atoms with van der Waals surface area (Å²) in [7, 11) is 1.61. The molecular weight excluding hydrogens is 352 g/mol. The van der Waals surface area contributed by atoms with Crippen LogP contribution in [-0.2, 0) is 11.2 Å². The molecule has 2 aromatic heterocycles. The zero-order chi connectivity index (χ0) is 18.2. The van der Waals surface area contributed by atoms with Crippen LogP contribution in [0, 0.1) is 0 Å². The maximum absolute atomic E-state index is 11.9. The van der Waals surface area contributed by atoms with Crippen molar-refractivity contribution in [3.63, 3.8) is 0 Å². The predicted octanol–water partition coefficient (Wildman–Crippen LogP) is 2.59. The molecule has 0 saturated carbocycles. The summed E-state index contributed by atoms with van der Waals surface area (Å²) in [4.78, 5) is 16.1. The van der Waals surface area contributed by atoms with E-state index in [1.165, 1.54) is 11.8 Å². The number of amides is 1. The second-order valence-corrected chi connectivity index (χ2v) is 6.24. The number of thioether (sulfide) groups is 1. The smallest absolute Gasteiger partial charge is 0.277 e. The molecule has 26 heavy (non-hydrogen) atoms. The van der Waals surface area contributed by atoms with Gasteiger partial charge in [0.15, 0.2) is 0 Å². The van der Waals surface area contributed by atoms with Gasteiger partial charge in [-0.2, -0.15) is 0 Å². The Labute approximate surface area is 155 Å². The van der Waals surface area contributed by atoms with Crippen LogP contribution in [0.3, 0.4) is 0 Å². The van der Waals surface area contributed by atoms with E-state index < -0.39 is 0 Å². The van der Waals surface area contributed by atoms with E-state index in [2.05, 4.69) is 20.5 Å². The Morgan fingerprint density at radius 2 is 2.04 bits per heavy atom. The molecule has 0 unspecified atom stereocenters. The first-order chi connectivity index (χ1) is 12.7. The normalized spacial score (nSPS) is 10.5. The minimum atomic E-state index is -0.0878. The van der Waals surface area contributed by atoms with Crippen molar-refractivity contribution in [1.29, 1.82) is 0 Å². The van der Waals surface area contributed by atoms with Crippen LogP contribution in [0.5, 0.6) is 5.75 Å². The van der Waals surface area contributed by atoms with E-state index in [4.69, 9.17) is 9.15 Å². The van der Waals surface area contributed by atoms with Crippen molar-refractivity contribution in [3.8, 4) is 17.2 Å². The summed E-state index contributed by atoms with van der Waals surface area (Å²) in [6.45, 7) is 0.539. The molecule has 8 heteroatoms. The van der Waals surface area contributed by atoms with Crippen LogP contribution in [0.1, 0.15) is 5.69 Å². The Kier molecular flexibility index (Phi) is 6.21. The van der Waals surface area contributed by atoms with Gasteiger partial charge in [-0.3, -0.25) is 9.78 Å². The number of methoxy groups -OCH3 is 1. The lowest BCUT2D eigenvalue weighted by Gasteiger charge is -2.03. The number of carbonyl (C=O) groups excluding carboxylic acids is 1. The number of ether oxygens (including phenoxy) is 1. The van der Waals surface area contributed by atoms with E-state index in [1.54, 1.807) is 13.3 Å². The van der Waals surface area contributed by atoms with Crippen molar-refractivity contribution >= 4 is 17.7 Å². The van der Waals surface area contributed by atoms with Gasteiger partial charge in [0.25, 0.3) is 5.22 Å². The summed E-state index contributed by atoms with van der Waals surface area (Å²) >= 11 is 1.21. The SMILES string of the molecule is COc1ccc(-c2nnc(SCC(=O)NCCc3ccccn3)o2)cc1. The van der Waals surface area contributed by atoms with Gasteiger partial charge in [-0.25, -0.2) is 0 Å². The molecule has 0 aliphatic carbocycles. The van der Waals surface area contributed by atoms with Crippen LogP contribution in [0.2, 0.25) is 0 Å². The molecule has 3 aromatic rings. The molecule has 0 bridgehead atoms. The maximum atomic E-state index is 11.9. The largest absolute Gasteiger partial charge is 0.497 e. The highest BCUT2D eigenvalue weighted by Gasteiger charge is 2.11. The molecule has 1 N–H and O–H groups in total. The first kappa shape index (κ1) is 17.9. The first-order valence-corrected chi connectivity index (χ1v) is 9.00. The summed E-state index contributed by atoms with van der Waals surface area (Å²) in [5.74, 6) is 1.29. The molecule has 3 rings (SSSR count). The van der Waals surface area contributed by atoms with Crippen molar-refractivity contribution < 1.29 is 13.9 Å². The Hall–Kier alpha value is -2.87. The van der Waals surface area contributed by atoms with Crippen LogP contribution >= 0.6 is 11.8 Å². The first-order valence-electron chi connectivity index (χ1n) is 8.02. The molecular formula is C18H18N4O3S. The molecule has 134 valence electrons. The Balaban J connectivity index is 1.44. The lowest BCUT2D eigenvalue weighted by Crippen LogP contribution is -2.27. The summed E-state index contributed by atoms with van der Waals surface area (Å²) in [6.07, 6.45) is 2.43. The number of aromatic nitrogens is 3. The zero-order valence-corrected chi connectivity index (χ0v) is 15.0. The van der Waals surface area contributed by atoms with E-state index in [1.807, 2.05) is 42.5 Å². The third-order valence-corrected chi connectivity index (χ3v) is 4.32. The quantitative estimate of drug-likeness (QED) is 0.610. The second-order valence-electron chi connectivity index (χ2n) is 5.31. The predicted molar refractivity (Wildman–Crippen MR) is 98.0 cm³/mol. The Morgan fingerprint density at radius 3 is 2.77 bits per heavy atom. The number of carbonyl (C=O) groups is 1. The van der Waals surface area contributed by atoms with E-state index in [9.17, 15) is 4.79 Å². The molecule has 1 aromatic carbocycles. The fraction of sp³-hybridized carbons (Fsp3) is 0.222. The lowest BCUT2D eigenvalue weighted by molar-refractivity contribution is -0.118. The van der Waals surface area contributed by atoms with Gasteiger partial charge < -0.3 is 14.5 Å². The van der Waals surface area contributed by atoms with Crippen LogP contribution in [0.25, 0.3) is 11.5 Å². The summed E-state index contributed by atoms with van der Waals surface area (Å²) in [5, 5.41) is 11.2. The monoisotopic (exact) mass is 370 g/mol. The topological polar surface area (TPSA) is 90.1 Å². The third-order valence-electron chi connectivity index (χ3n) is 3.50. The summed E-state index contributed by atoms with van der Waals surface area (Å²) < 4.78 is 10.7. The molecule has 7 nitrogen and oxygen atoms in total. The fourth-order valence-electron chi connectivity index (χ4n) is 2.17. The minimum absolute atomic E-state index is 0.0878. The number of pyridine rings is 1. The van der Waals surface area contributed by atoms with E-state index >= 15 is 0 Å². The van der Waals surface area contributed by atoms with Crippen LogP contribution < -0.4 is 10.1 Å². The van der Waals surface area contributed by atoms with Crippen molar-refractivity contribution in [2.75, 3.05) is 19.4 Å². The Morgan fingerprint density at radius 1 is 1.19 bits per heavy atom. The second kappa shape index (κ2) is 9.00. The summed E-state index contributed by atoms with van der Waals surface area (Å²) in [5.41, 5.74) is 1.74. The molecule has 0 atom stereocenters. The number of nitrogens with one attached hydrogen (secondary N) is 1. The van der Waals surface area contributed by atoms with Crippen LogP contribution in [0.15, 0.2) is 58.3 Å². The number of benzene rings is 1. The van der Waals surface area contributed by atoms with Crippen LogP contribution in [-0.4, -0.2) is 40.5 Å². The van der Waals surface area contributed by atoms with Gasteiger partial charge in [0.05, 0.1) is 12.9 Å². The Bertz CT molecular complexity index is 837. The highest BCUT2D eigenvalue weighted by atomic mass is 32.2. The zero-order valence-electron chi connectivity index (χ0n) is 14.2. The van der Waals surface area contributed by atoms with Gasteiger partial charge in [-0.05, 0) is 36.4 Å². The average molecular weight is 370 g/mol. The number of hydrogen-bond donors (Lipinski definition) is 1. The molecule has 0 aliphatic heterocycles. The van der Waals surface area contributed by atoms with Gasteiger partial charge >= 0.3 is 0 Å². The molecule has 0 spiro atoms. The van der Waals surface area contributed by atoms with Gasteiger partial charge in [0.2, 0.25) is 11.8 Å². The van der Waals surface area contributed by atoms with Crippen molar-refractivity contribution in [3.05, 3.63) is 54.4 Å². The maximum Gasteiger partial charge on any atom is 0.277 e. The van der Waals surface area contributed by atoms with Gasteiger partial charge in [-0.1, -0.05) is 17.8 Å². The minimum Gasteiger partial charge on any atom is -0.497 e. The molecule has 1 amide bonds. The highest BCUT2D eigenvalue weighted by Crippen LogP contribution is 2.24. The van der Waals surface area contributed by atoms with Crippen molar-refractivity contribution in [2.45, 2.75) is 11.6 Å². The molecule has 0 radical (unpaired) electrons. The number of nitrogens with zero attached hydrogens (tertiary/aromatic N) is 3. The fourth-order valence-corrected chi connectivity index (χ4v) is 2.77. The molecule has 0 saturated heterocycles. The van der Waals surface area contributed by atoms with E-state index in [0.29, 0.717) is 24.1 Å². The van der Waals surface area contributed by atoms with Crippen molar-refractivity contribution in [2.24, 2.45) is 0 Å². The molecule has 2 heterocycles. The standard InChI is InChI=1S/C18H18N4O3S/c1-24-15-7-5-13(6-8-15)17-21-22-18(25-17)26-12-16(23)20-11-9-14-4-2-3-10-19-14/h2-8,10H,9,11-12H2,1H3,(H,20,23). The van der Waals surface area contributed by atoms with Gasteiger partial charge in [-0.15, -0.1) is 10.2 Å². The van der Waals surface area contributed by atoms with E-state index in [0.717, 1.165) is 17.0 Å². The number of hydrogen-bond acceptors (Lipinski definition) is 7. The van der Waals surface area contributed by atoms with Crippen LogP contribution in [0.4, 0.5) is 0 Å². The van der Waals surface area contributed by atoms with Gasteiger partial charge in [0.1, 0.15) is 5.75 Å². The lowest BCUT2D eigenvalue weighted by atomic mass is 10.2. The van der Waals surface area contributed by atoms with E-state index in [-0.39, 0.29) is 11.7 Å². The highest BCUT2D eigenvalue weighted by molar-refractivity contribution is 7.99. The van der Waals surface area contributed by atoms with Gasteiger partial charge in [0, 0.05) is 30.4 Å². The summed E-state index contributed by atoms with van der Waals surface area (Å²) in [6, 6.07) is 13.0. The molecule has 0 aliphatic rings. The number of rotatable bonds is 8.